The Labute approximate surface area is 120 Å². The second-order valence-electron chi connectivity index (χ2n) is 5.88. The first kappa shape index (κ1) is 13.8. The highest BCUT2D eigenvalue weighted by Crippen LogP contribution is 2.29. The molecule has 0 bridgehead atoms. The largest absolute Gasteiger partial charge is 0.373 e. The molecule has 0 radical (unpaired) electrons. The van der Waals surface area contributed by atoms with Crippen molar-refractivity contribution in [1.82, 2.24) is 9.97 Å². The molecule has 0 spiro atoms. The minimum Gasteiger partial charge on any atom is -0.373 e. The highest BCUT2D eigenvalue weighted by molar-refractivity contribution is 5.50. The third-order valence-corrected chi connectivity index (χ3v) is 4.39. The lowest BCUT2D eigenvalue weighted by atomic mass is 10.1. The third kappa shape index (κ3) is 2.65. The molecule has 2 atom stereocenters. The van der Waals surface area contributed by atoms with Gasteiger partial charge in [-0.2, -0.15) is 0 Å². The van der Waals surface area contributed by atoms with Gasteiger partial charge in [-0.05, 0) is 32.6 Å². The second-order valence-corrected chi connectivity index (χ2v) is 5.88. The summed E-state index contributed by atoms with van der Waals surface area (Å²) < 4.78 is 5.75. The molecule has 5 nitrogen and oxygen atoms in total. The van der Waals surface area contributed by atoms with Gasteiger partial charge in [0.15, 0.2) is 0 Å². The maximum absolute atomic E-state index is 5.77. The summed E-state index contributed by atoms with van der Waals surface area (Å²) in [4.78, 5) is 11.5. The molecule has 2 N–H and O–H groups in total. The molecule has 20 heavy (non-hydrogen) atoms. The van der Waals surface area contributed by atoms with Crippen LogP contribution in [0.25, 0.3) is 0 Å². The first-order chi connectivity index (χ1) is 9.79. The first-order valence-corrected chi connectivity index (χ1v) is 7.70. The summed E-state index contributed by atoms with van der Waals surface area (Å²) >= 11 is 0. The minimum absolute atomic E-state index is 0.114. The van der Waals surface area contributed by atoms with E-state index in [-0.39, 0.29) is 6.10 Å². The van der Waals surface area contributed by atoms with Crippen LogP contribution in [-0.2, 0) is 17.6 Å². The van der Waals surface area contributed by atoms with E-state index in [9.17, 15) is 0 Å². The number of ether oxygens (including phenoxy) is 1. The standard InChI is InChI=1S/C15H24N4O/c1-11-9-20-12(7-16)8-19(11)15-13-5-3-2-4-6-14(13)17-10-18-15/h10-12H,2-9,16H2,1H3. The molecular formula is C15H24N4O. The fourth-order valence-corrected chi connectivity index (χ4v) is 3.18. The number of nitrogens with zero attached hydrogens (tertiary/aromatic N) is 3. The van der Waals surface area contributed by atoms with Gasteiger partial charge in [-0.25, -0.2) is 9.97 Å². The van der Waals surface area contributed by atoms with Crippen molar-refractivity contribution >= 4 is 5.82 Å². The van der Waals surface area contributed by atoms with E-state index in [1.54, 1.807) is 6.33 Å². The maximum atomic E-state index is 5.77. The summed E-state index contributed by atoms with van der Waals surface area (Å²) in [7, 11) is 0. The quantitative estimate of drug-likeness (QED) is 0.825. The van der Waals surface area contributed by atoms with Gasteiger partial charge in [0.1, 0.15) is 12.1 Å². The van der Waals surface area contributed by atoms with Gasteiger partial charge < -0.3 is 15.4 Å². The Hall–Kier alpha value is -1.20. The molecular weight excluding hydrogens is 252 g/mol. The highest BCUT2D eigenvalue weighted by atomic mass is 16.5. The van der Waals surface area contributed by atoms with Crippen molar-refractivity contribution in [1.29, 1.82) is 0 Å². The molecule has 0 saturated carbocycles. The summed E-state index contributed by atoms with van der Waals surface area (Å²) in [6.07, 6.45) is 7.80. The molecule has 1 aromatic rings. The van der Waals surface area contributed by atoms with Crippen molar-refractivity contribution < 1.29 is 4.74 Å². The van der Waals surface area contributed by atoms with Crippen LogP contribution in [0, 0.1) is 0 Å². The van der Waals surface area contributed by atoms with Gasteiger partial charge in [0.05, 0.1) is 18.8 Å². The van der Waals surface area contributed by atoms with Crippen LogP contribution in [0.2, 0.25) is 0 Å². The molecule has 1 aliphatic heterocycles. The monoisotopic (exact) mass is 276 g/mol. The van der Waals surface area contributed by atoms with Crippen molar-refractivity contribution in [3.8, 4) is 0 Å². The van der Waals surface area contributed by atoms with E-state index in [4.69, 9.17) is 10.5 Å². The number of fused-ring (bicyclic) bond motifs is 1. The molecule has 0 aromatic carbocycles. The van der Waals surface area contributed by atoms with E-state index in [2.05, 4.69) is 21.8 Å². The van der Waals surface area contributed by atoms with E-state index < -0.39 is 0 Å². The van der Waals surface area contributed by atoms with E-state index in [1.165, 1.54) is 30.5 Å². The Balaban J connectivity index is 1.92. The van der Waals surface area contributed by atoms with Crippen LogP contribution in [0.15, 0.2) is 6.33 Å². The van der Waals surface area contributed by atoms with Crippen LogP contribution in [0.1, 0.15) is 37.4 Å². The number of aromatic nitrogens is 2. The van der Waals surface area contributed by atoms with Crippen molar-refractivity contribution in [2.24, 2.45) is 5.73 Å². The molecule has 1 aromatic heterocycles. The Kier molecular flexibility index (Phi) is 4.17. The zero-order valence-corrected chi connectivity index (χ0v) is 12.2. The van der Waals surface area contributed by atoms with Gasteiger partial charge in [0, 0.05) is 24.3 Å². The lowest BCUT2D eigenvalue weighted by Gasteiger charge is -2.39. The summed E-state index contributed by atoms with van der Waals surface area (Å²) in [5, 5.41) is 0. The van der Waals surface area contributed by atoms with Crippen LogP contribution in [0.4, 0.5) is 5.82 Å². The van der Waals surface area contributed by atoms with Gasteiger partial charge in [-0.3, -0.25) is 0 Å². The first-order valence-electron chi connectivity index (χ1n) is 7.70. The molecule has 3 rings (SSSR count). The number of hydrogen-bond acceptors (Lipinski definition) is 5. The molecule has 110 valence electrons. The Morgan fingerprint density at radius 3 is 3.00 bits per heavy atom. The Morgan fingerprint density at radius 2 is 2.15 bits per heavy atom. The molecule has 2 aliphatic rings. The fourth-order valence-electron chi connectivity index (χ4n) is 3.18. The molecule has 0 amide bonds. The molecule has 5 heteroatoms. The molecule has 1 fully saturated rings. The number of anilines is 1. The maximum Gasteiger partial charge on any atom is 0.135 e. The van der Waals surface area contributed by atoms with Gasteiger partial charge in [-0.1, -0.05) is 6.42 Å². The van der Waals surface area contributed by atoms with Crippen molar-refractivity contribution in [3.05, 3.63) is 17.6 Å². The predicted octanol–water partition coefficient (Wildman–Crippen LogP) is 1.30. The van der Waals surface area contributed by atoms with Gasteiger partial charge in [0.2, 0.25) is 0 Å². The lowest BCUT2D eigenvalue weighted by molar-refractivity contribution is 0.0279. The van der Waals surface area contributed by atoms with E-state index in [1.807, 2.05) is 0 Å². The smallest absolute Gasteiger partial charge is 0.135 e. The number of morpholine rings is 1. The fraction of sp³-hybridized carbons (Fsp3) is 0.733. The normalized spacial score (nSPS) is 27.0. The molecule has 2 heterocycles. The number of aryl methyl sites for hydroxylation is 1. The van der Waals surface area contributed by atoms with E-state index in [0.717, 1.165) is 31.8 Å². The SMILES string of the molecule is CC1COC(CN)CN1c1ncnc2c1CCCCC2. The summed E-state index contributed by atoms with van der Waals surface area (Å²) in [5.41, 5.74) is 8.37. The van der Waals surface area contributed by atoms with Crippen molar-refractivity contribution in [2.45, 2.75) is 51.2 Å². The zero-order valence-electron chi connectivity index (χ0n) is 12.2. The number of nitrogens with two attached hydrogens (primary N) is 1. The summed E-state index contributed by atoms with van der Waals surface area (Å²) in [6, 6.07) is 0.347. The van der Waals surface area contributed by atoms with Gasteiger partial charge in [-0.15, -0.1) is 0 Å². The van der Waals surface area contributed by atoms with E-state index >= 15 is 0 Å². The van der Waals surface area contributed by atoms with Gasteiger partial charge in [0.25, 0.3) is 0 Å². The van der Waals surface area contributed by atoms with Crippen molar-refractivity contribution in [2.75, 3.05) is 24.6 Å². The van der Waals surface area contributed by atoms with Crippen LogP contribution in [-0.4, -0.2) is 41.8 Å². The lowest BCUT2D eigenvalue weighted by Crippen LogP contribution is -2.51. The van der Waals surface area contributed by atoms with Crippen LogP contribution < -0.4 is 10.6 Å². The number of rotatable bonds is 2. The third-order valence-electron chi connectivity index (χ3n) is 4.39. The molecule has 1 saturated heterocycles. The summed E-state index contributed by atoms with van der Waals surface area (Å²) in [6.45, 7) is 4.32. The second kappa shape index (κ2) is 6.06. The average molecular weight is 276 g/mol. The predicted molar refractivity (Wildman–Crippen MR) is 78.9 cm³/mol. The minimum atomic E-state index is 0.114. The number of hydrogen-bond donors (Lipinski definition) is 1. The van der Waals surface area contributed by atoms with Gasteiger partial charge >= 0.3 is 0 Å². The average Bonchev–Trinajstić information content (AvgIpc) is 2.73. The topological polar surface area (TPSA) is 64.3 Å². The zero-order chi connectivity index (χ0) is 13.9. The van der Waals surface area contributed by atoms with Crippen LogP contribution in [0.5, 0.6) is 0 Å². The highest BCUT2D eigenvalue weighted by Gasteiger charge is 2.29. The molecule has 2 unspecified atom stereocenters. The Bertz CT molecular complexity index is 465. The summed E-state index contributed by atoms with van der Waals surface area (Å²) in [5.74, 6) is 1.12. The van der Waals surface area contributed by atoms with Crippen LogP contribution >= 0.6 is 0 Å². The van der Waals surface area contributed by atoms with Crippen LogP contribution in [0.3, 0.4) is 0 Å². The van der Waals surface area contributed by atoms with E-state index in [0.29, 0.717) is 12.6 Å². The Morgan fingerprint density at radius 1 is 1.30 bits per heavy atom. The molecule has 1 aliphatic carbocycles. The van der Waals surface area contributed by atoms with Crippen molar-refractivity contribution in [3.63, 3.8) is 0 Å².